The molecule has 1 aliphatic rings. The lowest BCUT2D eigenvalue weighted by Crippen LogP contribution is -2.42. The molecule has 2 heterocycles. The van der Waals surface area contributed by atoms with Gasteiger partial charge in [0.1, 0.15) is 11.0 Å². The molecule has 1 fully saturated rings. The molecule has 150 valence electrons. The first-order valence-electron chi connectivity index (χ1n) is 10.3. The number of aromatic nitrogens is 1. The number of benzene rings is 2. The van der Waals surface area contributed by atoms with Gasteiger partial charge in [0.15, 0.2) is 0 Å². The molecule has 2 aromatic carbocycles. The van der Waals surface area contributed by atoms with Gasteiger partial charge in [0, 0.05) is 11.6 Å². The lowest BCUT2D eigenvalue weighted by molar-refractivity contribution is -0.123. The highest BCUT2D eigenvalue weighted by atomic mass is 32.1. The van der Waals surface area contributed by atoms with Gasteiger partial charge in [-0.05, 0) is 49.4 Å². The van der Waals surface area contributed by atoms with Crippen molar-refractivity contribution in [2.45, 2.75) is 25.3 Å². The first kappa shape index (κ1) is 19.8. The number of piperidine rings is 1. The number of nitrogens with one attached hydrogen (secondary N) is 1. The summed E-state index contributed by atoms with van der Waals surface area (Å²) in [6.07, 6.45) is 5.23. The van der Waals surface area contributed by atoms with Gasteiger partial charge in [0.2, 0.25) is 5.91 Å². The van der Waals surface area contributed by atoms with Crippen molar-refractivity contribution < 1.29 is 4.79 Å². The number of hydrogen-bond acceptors (Lipinski definition) is 4. The van der Waals surface area contributed by atoms with Crippen LogP contribution in [0.25, 0.3) is 0 Å². The van der Waals surface area contributed by atoms with Crippen LogP contribution in [0.5, 0.6) is 0 Å². The van der Waals surface area contributed by atoms with E-state index in [1.54, 1.807) is 17.5 Å². The summed E-state index contributed by atoms with van der Waals surface area (Å²) in [5, 5.41) is 6.08. The summed E-state index contributed by atoms with van der Waals surface area (Å²) in [7, 11) is 0. The second kappa shape index (κ2) is 9.81. The molecule has 1 aromatic heterocycles. The first-order valence-corrected chi connectivity index (χ1v) is 11.2. The molecule has 4 nitrogen and oxygen atoms in total. The number of rotatable bonds is 7. The average Bonchev–Trinajstić information content (AvgIpc) is 3.29. The van der Waals surface area contributed by atoms with E-state index in [9.17, 15) is 4.79 Å². The quantitative estimate of drug-likeness (QED) is 0.637. The van der Waals surface area contributed by atoms with Crippen LogP contribution < -0.4 is 5.32 Å². The van der Waals surface area contributed by atoms with Crippen molar-refractivity contribution in [3.05, 3.63) is 88.4 Å². The Bertz CT molecular complexity index is 875. The van der Waals surface area contributed by atoms with Crippen LogP contribution in [0.3, 0.4) is 0 Å². The van der Waals surface area contributed by atoms with Gasteiger partial charge in [-0.2, -0.15) is 0 Å². The summed E-state index contributed by atoms with van der Waals surface area (Å²) in [5.41, 5.74) is 2.48. The van der Waals surface area contributed by atoms with Gasteiger partial charge in [-0.15, -0.1) is 11.3 Å². The minimum absolute atomic E-state index is 0.0653. The lowest BCUT2D eigenvalue weighted by atomic mass is 9.90. The molecule has 1 saturated heterocycles. The maximum Gasteiger partial charge on any atom is 0.235 e. The van der Waals surface area contributed by atoms with E-state index in [4.69, 9.17) is 0 Å². The largest absolute Gasteiger partial charge is 0.342 e. The molecule has 0 spiro atoms. The average molecular weight is 406 g/mol. The van der Waals surface area contributed by atoms with Gasteiger partial charge in [-0.25, -0.2) is 4.98 Å². The zero-order valence-corrected chi connectivity index (χ0v) is 17.4. The number of carbonyl (C=O) groups is 1. The molecule has 1 aliphatic heterocycles. The van der Waals surface area contributed by atoms with E-state index < -0.39 is 0 Å². The smallest absolute Gasteiger partial charge is 0.235 e. The summed E-state index contributed by atoms with van der Waals surface area (Å²) in [4.78, 5) is 19.5. The Kier molecular flexibility index (Phi) is 6.70. The van der Waals surface area contributed by atoms with Crippen LogP contribution in [0.15, 0.2) is 72.2 Å². The maximum absolute atomic E-state index is 12.8. The summed E-state index contributed by atoms with van der Waals surface area (Å²) < 4.78 is 0. The monoisotopic (exact) mass is 405 g/mol. The topological polar surface area (TPSA) is 45.2 Å². The summed E-state index contributed by atoms with van der Waals surface area (Å²) >= 11 is 1.58. The van der Waals surface area contributed by atoms with Crippen molar-refractivity contribution >= 4 is 17.2 Å². The van der Waals surface area contributed by atoms with E-state index in [-0.39, 0.29) is 11.9 Å². The zero-order valence-electron chi connectivity index (χ0n) is 16.5. The fraction of sp³-hybridized carbons (Fsp3) is 0.333. The summed E-state index contributed by atoms with van der Waals surface area (Å²) in [5.74, 6) is 0.777. The SMILES string of the molecule is O=C(CN1CCC(Cc2ccccc2)CC1)NC(c1ccccc1)c1nccs1. The Morgan fingerprint density at radius 2 is 1.76 bits per heavy atom. The minimum Gasteiger partial charge on any atom is -0.342 e. The highest BCUT2D eigenvalue weighted by Gasteiger charge is 2.23. The van der Waals surface area contributed by atoms with Crippen molar-refractivity contribution in [1.29, 1.82) is 0 Å². The molecule has 1 amide bonds. The normalized spacial score (nSPS) is 16.4. The van der Waals surface area contributed by atoms with Crippen LogP contribution in [0.1, 0.15) is 35.0 Å². The lowest BCUT2D eigenvalue weighted by Gasteiger charge is -2.32. The van der Waals surface area contributed by atoms with Crippen molar-refractivity contribution in [3.8, 4) is 0 Å². The third-order valence-electron chi connectivity index (χ3n) is 5.58. The standard InChI is InChI=1S/C24H27N3OS/c28-22(26-23(24-25-13-16-29-24)21-9-5-2-6-10-21)18-27-14-11-20(12-15-27)17-19-7-3-1-4-8-19/h1-10,13,16,20,23H,11-12,14-15,17-18H2,(H,26,28). The van der Waals surface area contributed by atoms with Crippen LogP contribution in [-0.2, 0) is 11.2 Å². The molecule has 1 N–H and O–H groups in total. The van der Waals surface area contributed by atoms with E-state index in [0.29, 0.717) is 12.5 Å². The third-order valence-corrected chi connectivity index (χ3v) is 6.42. The van der Waals surface area contributed by atoms with Crippen LogP contribution in [-0.4, -0.2) is 35.4 Å². The van der Waals surface area contributed by atoms with Crippen molar-refractivity contribution in [2.24, 2.45) is 5.92 Å². The molecule has 3 aromatic rings. The Hall–Kier alpha value is -2.50. The zero-order chi connectivity index (χ0) is 19.9. The number of amides is 1. The number of hydrogen-bond donors (Lipinski definition) is 1. The van der Waals surface area contributed by atoms with Crippen molar-refractivity contribution in [3.63, 3.8) is 0 Å². The fourth-order valence-electron chi connectivity index (χ4n) is 4.02. The predicted octanol–water partition coefficient (Wildman–Crippen LogP) is 4.30. The van der Waals surface area contributed by atoms with Crippen LogP contribution in [0.4, 0.5) is 0 Å². The molecule has 4 rings (SSSR count). The molecule has 0 saturated carbocycles. The van der Waals surface area contributed by atoms with Gasteiger partial charge in [0.05, 0.1) is 6.54 Å². The number of likely N-dealkylation sites (tertiary alicyclic amines) is 1. The molecule has 0 aliphatic carbocycles. The van der Waals surface area contributed by atoms with Gasteiger partial charge >= 0.3 is 0 Å². The molecule has 0 bridgehead atoms. The van der Waals surface area contributed by atoms with Gasteiger partial charge in [0.25, 0.3) is 0 Å². The van der Waals surface area contributed by atoms with E-state index in [1.807, 2.05) is 35.7 Å². The van der Waals surface area contributed by atoms with Crippen LogP contribution >= 0.6 is 11.3 Å². The highest BCUT2D eigenvalue weighted by Crippen LogP contribution is 2.24. The van der Waals surface area contributed by atoms with E-state index >= 15 is 0 Å². The molecular weight excluding hydrogens is 378 g/mol. The van der Waals surface area contributed by atoms with E-state index in [0.717, 1.165) is 42.9 Å². The number of thiazole rings is 1. The van der Waals surface area contributed by atoms with Gasteiger partial charge in [-0.1, -0.05) is 60.7 Å². The number of carbonyl (C=O) groups excluding carboxylic acids is 1. The first-order chi connectivity index (χ1) is 14.3. The van der Waals surface area contributed by atoms with E-state index in [1.165, 1.54) is 5.56 Å². The molecular formula is C24H27N3OS. The third kappa shape index (κ3) is 5.52. The summed E-state index contributed by atoms with van der Waals surface area (Å²) in [6.45, 7) is 2.42. The maximum atomic E-state index is 12.8. The Morgan fingerprint density at radius 3 is 2.41 bits per heavy atom. The highest BCUT2D eigenvalue weighted by molar-refractivity contribution is 7.09. The Balaban J connectivity index is 1.30. The van der Waals surface area contributed by atoms with Crippen LogP contribution in [0.2, 0.25) is 0 Å². The Labute approximate surface area is 176 Å². The molecule has 29 heavy (non-hydrogen) atoms. The fourth-order valence-corrected chi connectivity index (χ4v) is 4.73. The van der Waals surface area contributed by atoms with Crippen LogP contribution in [0, 0.1) is 5.92 Å². The van der Waals surface area contributed by atoms with Crippen molar-refractivity contribution in [1.82, 2.24) is 15.2 Å². The number of nitrogens with zero attached hydrogens (tertiary/aromatic N) is 2. The predicted molar refractivity (Wildman–Crippen MR) is 118 cm³/mol. The molecule has 1 unspecified atom stereocenters. The minimum atomic E-state index is -0.181. The molecule has 1 atom stereocenters. The molecule has 5 heteroatoms. The molecule has 0 radical (unpaired) electrons. The Morgan fingerprint density at radius 1 is 1.07 bits per heavy atom. The van der Waals surface area contributed by atoms with E-state index in [2.05, 4.69) is 45.5 Å². The summed E-state index contributed by atoms with van der Waals surface area (Å²) in [6, 6.07) is 20.6. The van der Waals surface area contributed by atoms with Gasteiger partial charge in [-0.3, -0.25) is 9.69 Å². The van der Waals surface area contributed by atoms with Crippen molar-refractivity contribution in [2.75, 3.05) is 19.6 Å². The second-order valence-corrected chi connectivity index (χ2v) is 8.62. The second-order valence-electron chi connectivity index (χ2n) is 7.69. The van der Waals surface area contributed by atoms with Gasteiger partial charge < -0.3 is 5.32 Å².